The summed E-state index contributed by atoms with van der Waals surface area (Å²) in [5, 5.41) is 8.75. The van der Waals surface area contributed by atoms with Crippen LogP contribution in [0.5, 0.6) is 11.5 Å². The second kappa shape index (κ2) is 10.7. The smallest absolute Gasteiger partial charge is 0.248 e. The molecule has 7 rings (SSSR count). The third-order valence-corrected chi connectivity index (χ3v) is 7.75. The number of hydrogen-bond acceptors (Lipinski definition) is 6. The summed E-state index contributed by atoms with van der Waals surface area (Å²) in [4.78, 5) is 17.8. The van der Waals surface area contributed by atoms with Crippen molar-refractivity contribution < 1.29 is 14.3 Å². The lowest BCUT2D eigenvalue weighted by Crippen LogP contribution is -2.15. The summed E-state index contributed by atoms with van der Waals surface area (Å²) in [6, 6.07) is 31.4. The highest BCUT2D eigenvalue weighted by Gasteiger charge is 2.17. The summed E-state index contributed by atoms with van der Waals surface area (Å²) >= 11 is 1.63. The van der Waals surface area contributed by atoms with E-state index < -0.39 is 0 Å². The molecule has 6 aromatic rings. The largest absolute Gasteiger partial charge is 0.486 e. The number of nitrogens with zero attached hydrogens (tertiary/aromatic N) is 3. The Morgan fingerprint density at radius 2 is 1.68 bits per heavy atom. The van der Waals surface area contributed by atoms with Gasteiger partial charge in [-0.3, -0.25) is 4.79 Å². The van der Waals surface area contributed by atoms with E-state index in [0.717, 1.165) is 43.3 Å². The van der Waals surface area contributed by atoms with E-state index in [1.54, 1.807) is 17.4 Å². The molecule has 3 heterocycles. The van der Waals surface area contributed by atoms with E-state index in [1.165, 1.54) is 6.08 Å². The van der Waals surface area contributed by atoms with E-state index >= 15 is 0 Å². The molecule has 0 saturated carbocycles. The molecule has 0 unspecified atom stereocenters. The summed E-state index contributed by atoms with van der Waals surface area (Å²) in [6.45, 7) is 1.03. The van der Waals surface area contributed by atoms with Crippen molar-refractivity contribution >= 4 is 39.2 Å². The van der Waals surface area contributed by atoms with E-state index in [1.807, 2.05) is 102 Å². The average molecular weight is 557 g/mol. The highest BCUT2D eigenvalue weighted by atomic mass is 32.1. The highest BCUT2D eigenvalue weighted by molar-refractivity contribution is 7.21. The topological polar surface area (TPSA) is 78.3 Å². The minimum absolute atomic E-state index is 0.243. The molecule has 4 aromatic carbocycles. The lowest BCUT2D eigenvalue weighted by Gasteiger charge is -2.18. The van der Waals surface area contributed by atoms with E-state index in [2.05, 4.69) is 11.4 Å². The number of ether oxygens (including phenoxy) is 2. The van der Waals surface area contributed by atoms with Gasteiger partial charge in [0.1, 0.15) is 23.9 Å². The fourth-order valence-corrected chi connectivity index (χ4v) is 5.67. The van der Waals surface area contributed by atoms with Crippen LogP contribution in [0.2, 0.25) is 0 Å². The number of carbonyl (C=O) groups is 1. The maximum atomic E-state index is 13.0. The normalized spacial score (nSPS) is 12.6. The number of aromatic nitrogens is 3. The molecule has 2 aromatic heterocycles. The first kappa shape index (κ1) is 24.8. The molecule has 0 aliphatic carbocycles. The molecule has 7 nitrogen and oxygen atoms in total. The SMILES string of the molecule is O=C(/C=C/c1cn(-c2ccccc2)nc1-c1ccc2c(c1)OCCO2)Nc1cccc(-c2nc3ccccc3s2)c1. The van der Waals surface area contributed by atoms with Crippen LogP contribution in [0.3, 0.4) is 0 Å². The van der Waals surface area contributed by atoms with Gasteiger partial charge in [-0.15, -0.1) is 11.3 Å². The van der Waals surface area contributed by atoms with Gasteiger partial charge in [0.15, 0.2) is 11.5 Å². The first-order valence-electron chi connectivity index (χ1n) is 13.2. The quantitative estimate of drug-likeness (QED) is 0.219. The van der Waals surface area contributed by atoms with Crippen LogP contribution in [0.1, 0.15) is 5.56 Å². The van der Waals surface area contributed by atoms with E-state index in [-0.39, 0.29) is 5.91 Å². The van der Waals surface area contributed by atoms with Gasteiger partial charge < -0.3 is 14.8 Å². The Hall–Kier alpha value is -5.21. The van der Waals surface area contributed by atoms with Crippen LogP contribution in [0, 0.1) is 0 Å². The van der Waals surface area contributed by atoms with E-state index in [9.17, 15) is 4.79 Å². The van der Waals surface area contributed by atoms with Crippen molar-refractivity contribution in [3.63, 3.8) is 0 Å². The van der Waals surface area contributed by atoms with Crippen molar-refractivity contribution in [1.82, 2.24) is 14.8 Å². The molecule has 1 amide bonds. The van der Waals surface area contributed by atoms with E-state index in [4.69, 9.17) is 19.6 Å². The Kier molecular flexibility index (Phi) is 6.50. The van der Waals surface area contributed by atoms with Crippen LogP contribution in [0.15, 0.2) is 109 Å². The van der Waals surface area contributed by atoms with E-state index in [0.29, 0.717) is 30.4 Å². The van der Waals surface area contributed by atoms with Crippen LogP contribution >= 0.6 is 11.3 Å². The Bertz CT molecular complexity index is 1880. The molecule has 0 radical (unpaired) electrons. The van der Waals surface area contributed by atoms with Gasteiger partial charge in [0.25, 0.3) is 0 Å². The number of thiazole rings is 1. The van der Waals surface area contributed by atoms with Gasteiger partial charge in [-0.2, -0.15) is 5.10 Å². The molecule has 0 saturated heterocycles. The van der Waals surface area contributed by atoms with Crippen LogP contribution in [0.25, 0.3) is 43.8 Å². The van der Waals surface area contributed by atoms with Gasteiger partial charge in [0.2, 0.25) is 5.91 Å². The average Bonchev–Trinajstić information content (AvgIpc) is 3.65. The number of nitrogens with one attached hydrogen (secondary N) is 1. The third kappa shape index (κ3) is 5.20. The van der Waals surface area contributed by atoms with Crippen molar-refractivity contribution in [3.05, 3.63) is 115 Å². The van der Waals surface area contributed by atoms with Crippen molar-refractivity contribution in [2.75, 3.05) is 18.5 Å². The number of fused-ring (bicyclic) bond motifs is 2. The van der Waals surface area contributed by atoms with Gasteiger partial charge in [-0.1, -0.05) is 42.5 Å². The predicted octanol–water partition coefficient (Wildman–Crippen LogP) is 7.24. The summed E-state index contributed by atoms with van der Waals surface area (Å²) in [7, 11) is 0. The van der Waals surface area contributed by atoms with Crippen molar-refractivity contribution in [2.24, 2.45) is 0 Å². The van der Waals surface area contributed by atoms with Crippen LogP contribution in [-0.4, -0.2) is 33.9 Å². The highest BCUT2D eigenvalue weighted by Crippen LogP contribution is 2.36. The number of benzene rings is 4. The zero-order valence-electron chi connectivity index (χ0n) is 21.9. The first-order chi connectivity index (χ1) is 20.2. The maximum absolute atomic E-state index is 13.0. The van der Waals surface area contributed by atoms with Crippen molar-refractivity contribution in [2.45, 2.75) is 0 Å². The molecule has 0 spiro atoms. The molecular weight excluding hydrogens is 532 g/mol. The minimum atomic E-state index is -0.243. The number of hydrogen-bond donors (Lipinski definition) is 1. The second-order valence-electron chi connectivity index (χ2n) is 9.46. The Balaban J connectivity index is 1.16. The van der Waals surface area contributed by atoms with Gasteiger partial charge >= 0.3 is 0 Å². The summed E-state index contributed by atoms with van der Waals surface area (Å²) in [6.07, 6.45) is 5.22. The zero-order chi connectivity index (χ0) is 27.6. The second-order valence-corrected chi connectivity index (χ2v) is 10.5. The maximum Gasteiger partial charge on any atom is 0.248 e. The zero-order valence-corrected chi connectivity index (χ0v) is 22.7. The van der Waals surface area contributed by atoms with Gasteiger partial charge in [-0.25, -0.2) is 9.67 Å². The number of carbonyl (C=O) groups excluding carboxylic acids is 1. The van der Waals surface area contributed by atoms with Crippen molar-refractivity contribution in [1.29, 1.82) is 0 Å². The van der Waals surface area contributed by atoms with Gasteiger partial charge in [-0.05, 0) is 60.7 Å². The Morgan fingerprint density at radius 3 is 2.56 bits per heavy atom. The third-order valence-electron chi connectivity index (χ3n) is 6.66. The standard InChI is InChI=1S/C33H24N4O3S/c38-31(34-25-8-6-7-23(19-25)33-35-27-11-4-5-12-30(27)41-33)16-14-24-21-37(26-9-2-1-3-10-26)36-32(24)22-13-15-28-29(20-22)40-18-17-39-28/h1-16,19-21H,17-18H2,(H,34,38)/b16-14+. The number of amides is 1. The number of para-hydroxylation sites is 2. The van der Waals surface area contributed by atoms with Crippen LogP contribution in [-0.2, 0) is 4.79 Å². The Morgan fingerprint density at radius 1 is 0.854 bits per heavy atom. The molecule has 41 heavy (non-hydrogen) atoms. The van der Waals surface area contributed by atoms with Gasteiger partial charge in [0.05, 0.1) is 15.9 Å². The number of anilines is 1. The fraction of sp³-hybridized carbons (Fsp3) is 0.0606. The molecule has 200 valence electrons. The molecule has 1 aliphatic rings. The number of rotatable bonds is 6. The summed E-state index contributed by atoms with van der Waals surface area (Å²) in [5.74, 6) is 1.16. The first-order valence-corrected chi connectivity index (χ1v) is 14.0. The molecule has 0 atom stereocenters. The van der Waals surface area contributed by atoms with Crippen molar-refractivity contribution in [3.8, 4) is 39.0 Å². The monoisotopic (exact) mass is 556 g/mol. The lowest BCUT2D eigenvalue weighted by atomic mass is 10.1. The van der Waals surface area contributed by atoms with Crippen LogP contribution < -0.4 is 14.8 Å². The summed E-state index contributed by atoms with van der Waals surface area (Å²) < 4.78 is 14.4. The Labute approximate surface area is 240 Å². The molecule has 0 fully saturated rings. The molecule has 1 aliphatic heterocycles. The molecular formula is C33H24N4O3S. The molecule has 8 heteroatoms. The lowest BCUT2D eigenvalue weighted by molar-refractivity contribution is -0.111. The van der Waals surface area contributed by atoms with Gasteiger partial charge in [0, 0.05) is 34.7 Å². The molecule has 0 bridgehead atoms. The fourth-order valence-electron chi connectivity index (χ4n) is 4.71. The predicted molar refractivity (Wildman–Crippen MR) is 163 cm³/mol. The molecule has 1 N–H and O–H groups in total. The van der Waals surface area contributed by atoms with Crippen LogP contribution in [0.4, 0.5) is 5.69 Å². The minimum Gasteiger partial charge on any atom is -0.486 e. The summed E-state index contributed by atoms with van der Waals surface area (Å²) in [5.41, 5.74) is 5.93.